The first kappa shape index (κ1) is 18.1. The lowest BCUT2D eigenvalue weighted by Gasteiger charge is -2.18. The second-order valence-corrected chi connectivity index (χ2v) is 7.35. The molecular formula is C22H18FN3OS. The van der Waals surface area contributed by atoms with Gasteiger partial charge in [-0.1, -0.05) is 36.4 Å². The second-order valence-electron chi connectivity index (χ2n) is 6.37. The summed E-state index contributed by atoms with van der Waals surface area (Å²) in [6, 6.07) is 19.6. The van der Waals surface area contributed by atoms with E-state index in [0.717, 1.165) is 21.7 Å². The number of hydrogen-bond acceptors (Lipinski definition) is 3. The molecular weight excluding hydrogens is 373 g/mol. The summed E-state index contributed by atoms with van der Waals surface area (Å²) < 4.78 is 15.0. The van der Waals surface area contributed by atoms with E-state index in [0.29, 0.717) is 0 Å². The number of amides is 1. The Hall–Kier alpha value is -3.25. The van der Waals surface area contributed by atoms with Crippen LogP contribution in [-0.4, -0.2) is 15.7 Å². The highest BCUT2D eigenvalue weighted by Crippen LogP contribution is 2.26. The highest BCUT2D eigenvalue weighted by molar-refractivity contribution is 7.10. The number of carbonyl (C=O) groups excluding carboxylic acids is 1. The van der Waals surface area contributed by atoms with Gasteiger partial charge in [-0.2, -0.15) is 5.10 Å². The van der Waals surface area contributed by atoms with E-state index in [2.05, 4.69) is 10.4 Å². The van der Waals surface area contributed by atoms with Crippen molar-refractivity contribution >= 4 is 17.2 Å². The molecule has 0 fully saturated rings. The van der Waals surface area contributed by atoms with E-state index < -0.39 is 0 Å². The molecule has 2 heterocycles. The number of para-hydroxylation sites is 1. The number of hydrogen-bond donors (Lipinski definition) is 1. The highest BCUT2D eigenvalue weighted by Gasteiger charge is 2.18. The predicted molar refractivity (Wildman–Crippen MR) is 108 cm³/mol. The monoisotopic (exact) mass is 391 g/mol. The van der Waals surface area contributed by atoms with Gasteiger partial charge in [-0.15, -0.1) is 11.3 Å². The Bertz CT molecular complexity index is 1040. The molecule has 4 rings (SSSR count). The van der Waals surface area contributed by atoms with Crippen LogP contribution in [0.2, 0.25) is 0 Å². The fourth-order valence-electron chi connectivity index (χ4n) is 3.00. The normalized spacial score (nSPS) is 11.9. The van der Waals surface area contributed by atoms with Crippen LogP contribution in [0.15, 0.2) is 84.5 Å². The van der Waals surface area contributed by atoms with Crippen LogP contribution in [0.5, 0.6) is 0 Å². The van der Waals surface area contributed by atoms with Gasteiger partial charge in [-0.3, -0.25) is 4.79 Å². The number of carbonyl (C=O) groups is 1. The van der Waals surface area contributed by atoms with E-state index in [1.54, 1.807) is 34.3 Å². The van der Waals surface area contributed by atoms with Gasteiger partial charge in [0.1, 0.15) is 5.82 Å². The van der Waals surface area contributed by atoms with Crippen LogP contribution in [0.3, 0.4) is 0 Å². The van der Waals surface area contributed by atoms with Gasteiger partial charge < -0.3 is 5.32 Å². The molecule has 28 heavy (non-hydrogen) atoms. The maximum Gasteiger partial charge on any atom is 0.225 e. The molecule has 1 N–H and O–H groups in total. The summed E-state index contributed by atoms with van der Waals surface area (Å²) in [5, 5.41) is 9.36. The zero-order valence-corrected chi connectivity index (χ0v) is 15.8. The summed E-state index contributed by atoms with van der Waals surface area (Å²) >= 11 is 1.55. The van der Waals surface area contributed by atoms with Crippen LogP contribution in [0.25, 0.3) is 5.69 Å². The van der Waals surface area contributed by atoms with Crippen LogP contribution < -0.4 is 5.32 Å². The van der Waals surface area contributed by atoms with Gasteiger partial charge in [-0.05, 0) is 46.8 Å². The van der Waals surface area contributed by atoms with Gasteiger partial charge in [0.05, 0.1) is 24.3 Å². The number of aromatic nitrogens is 2. The summed E-state index contributed by atoms with van der Waals surface area (Å²) in [5.41, 5.74) is 2.61. The van der Waals surface area contributed by atoms with Crippen molar-refractivity contribution in [2.24, 2.45) is 0 Å². The average Bonchev–Trinajstić information content (AvgIpc) is 3.40. The zero-order valence-electron chi connectivity index (χ0n) is 15.0. The number of nitrogens with one attached hydrogen (secondary N) is 1. The van der Waals surface area contributed by atoms with Crippen molar-refractivity contribution in [2.45, 2.75) is 12.5 Å². The second kappa shape index (κ2) is 8.19. The molecule has 0 aliphatic heterocycles. The van der Waals surface area contributed by atoms with Crippen molar-refractivity contribution < 1.29 is 9.18 Å². The van der Waals surface area contributed by atoms with Crippen molar-refractivity contribution in [1.82, 2.24) is 15.1 Å². The molecule has 0 saturated heterocycles. The third kappa shape index (κ3) is 4.18. The molecule has 0 spiro atoms. The fraction of sp³-hybridized carbons (Fsp3) is 0.0909. The van der Waals surface area contributed by atoms with Crippen LogP contribution in [0, 0.1) is 5.82 Å². The molecule has 0 saturated carbocycles. The lowest BCUT2D eigenvalue weighted by Crippen LogP contribution is -2.30. The Morgan fingerprint density at radius 2 is 1.86 bits per heavy atom. The van der Waals surface area contributed by atoms with Gasteiger partial charge in [0, 0.05) is 11.1 Å². The lowest BCUT2D eigenvalue weighted by molar-refractivity contribution is -0.120. The smallest absolute Gasteiger partial charge is 0.225 e. The Morgan fingerprint density at radius 3 is 2.57 bits per heavy atom. The van der Waals surface area contributed by atoms with E-state index in [-0.39, 0.29) is 24.2 Å². The summed E-state index contributed by atoms with van der Waals surface area (Å²) in [7, 11) is 0. The maximum absolute atomic E-state index is 13.3. The topological polar surface area (TPSA) is 46.9 Å². The third-order valence-corrected chi connectivity index (χ3v) is 5.30. The molecule has 1 unspecified atom stereocenters. The molecule has 1 atom stereocenters. The molecule has 1 amide bonds. The van der Waals surface area contributed by atoms with Crippen LogP contribution in [0.4, 0.5) is 4.39 Å². The molecule has 0 radical (unpaired) electrons. The molecule has 2 aromatic heterocycles. The van der Waals surface area contributed by atoms with E-state index in [4.69, 9.17) is 0 Å². The van der Waals surface area contributed by atoms with Crippen molar-refractivity contribution in [3.05, 3.63) is 106 Å². The zero-order chi connectivity index (χ0) is 19.3. The highest BCUT2D eigenvalue weighted by atomic mass is 32.1. The van der Waals surface area contributed by atoms with E-state index in [9.17, 15) is 9.18 Å². The molecule has 0 aliphatic rings. The SMILES string of the molecule is O=C(Cc1cnn(-c2ccccc2)c1)NC(c1ccc(F)cc1)c1cccs1. The Morgan fingerprint density at radius 1 is 1.07 bits per heavy atom. The fourth-order valence-corrected chi connectivity index (χ4v) is 3.80. The van der Waals surface area contributed by atoms with E-state index >= 15 is 0 Å². The van der Waals surface area contributed by atoms with Crippen molar-refractivity contribution in [1.29, 1.82) is 0 Å². The molecule has 0 aliphatic carbocycles. The molecule has 4 aromatic rings. The van der Waals surface area contributed by atoms with Gasteiger partial charge in [0.25, 0.3) is 0 Å². The van der Waals surface area contributed by atoms with Crippen molar-refractivity contribution in [3.63, 3.8) is 0 Å². The summed E-state index contributed by atoms with van der Waals surface area (Å²) in [6.07, 6.45) is 3.77. The molecule has 0 bridgehead atoms. The molecule has 140 valence electrons. The van der Waals surface area contributed by atoms with Gasteiger partial charge in [-0.25, -0.2) is 9.07 Å². The number of halogens is 1. The first-order chi connectivity index (χ1) is 13.7. The maximum atomic E-state index is 13.3. The molecule has 4 nitrogen and oxygen atoms in total. The van der Waals surface area contributed by atoms with E-state index in [1.165, 1.54) is 12.1 Å². The first-order valence-electron chi connectivity index (χ1n) is 8.86. The standard InChI is InChI=1S/C22H18FN3OS/c23-18-10-8-17(9-11-18)22(20-7-4-12-28-20)25-21(27)13-16-14-24-26(15-16)19-5-2-1-3-6-19/h1-12,14-15,22H,13H2,(H,25,27). The Balaban J connectivity index is 1.49. The van der Waals surface area contributed by atoms with Crippen LogP contribution in [0.1, 0.15) is 22.0 Å². The average molecular weight is 391 g/mol. The minimum absolute atomic E-state index is 0.115. The van der Waals surface area contributed by atoms with Crippen LogP contribution >= 0.6 is 11.3 Å². The summed E-state index contributed by atoms with van der Waals surface area (Å²) in [4.78, 5) is 13.7. The summed E-state index contributed by atoms with van der Waals surface area (Å²) in [5.74, 6) is -0.413. The van der Waals surface area contributed by atoms with Gasteiger partial charge >= 0.3 is 0 Å². The summed E-state index contributed by atoms with van der Waals surface area (Å²) in [6.45, 7) is 0. The van der Waals surface area contributed by atoms with Gasteiger partial charge in [0.15, 0.2) is 0 Å². The Labute approximate surface area is 166 Å². The van der Waals surface area contributed by atoms with Crippen molar-refractivity contribution in [2.75, 3.05) is 0 Å². The predicted octanol–water partition coefficient (Wildman–Crippen LogP) is 4.52. The Kier molecular flexibility index (Phi) is 5.30. The molecule has 6 heteroatoms. The minimum atomic E-state index is -0.308. The van der Waals surface area contributed by atoms with Gasteiger partial charge in [0.2, 0.25) is 5.91 Å². The van der Waals surface area contributed by atoms with Crippen molar-refractivity contribution in [3.8, 4) is 5.69 Å². The number of thiophene rings is 1. The number of rotatable bonds is 6. The van der Waals surface area contributed by atoms with Crippen LogP contribution in [-0.2, 0) is 11.2 Å². The first-order valence-corrected chi connectivity index (χ1v) is 9.74. The number of nitrogens with zero attached hydrogens (tertiary/aromatic N) is 2. The lowest BCUT2D eigenvalue weighted by atomic mass is 10.0. The third-order valence-electron chi connectivity index (χ3n) is 4.36. The van der Waals surface area contributed by atoms with E-state index in [1.807, 2.05) is 54.0 Å². The largest absolute Gasteiger partial charge is 0.344 e. The minimum Gasteiger partial charge on any atom is -0.344 e. The molecule has 2 aromatic carbocycles. The number of benzene rings is 2. The quantitative estimate of drug-likeness (QED) is 0.525.